The van der Waals surface area contributed by atoms with Crippen molar-refractivity contribution < 1.29 is 16.8 Å². The Hall–Kier alpha value is -2.83. The van der Waals surface area contributed by atoms with Gasteiger partial charge in [0.15, 0.2) is 11.6 Å². The van der Waals surface area contributed by atoms with Gasteiger partial charge < -0.3 is 0 Å². The maximum Gasteiger partial charge on any atom is 0.231 e. The van der Waals surface area contributed by atoms with Crippen LogP contribution in [0.5, 0.6) is 0 Å². The smallest absolute Gasteiger partial charge is 0.231 e. The van der Waals surface area contributed by atoms with Gasteiger partial charge in [-0.15, -0.1) is 0 Å². The summed E-state index contributed by atoms with van der Waals surface area (Å²) >= 11 is 6.02. The van der Waals surface area contributed by atoms with Crippen molar-refractivity contribution in [2.45, 2.75) is 0 Å². The van der Waals surface area contributed by atoms with Crippen molar-refractivity contribution in [3.05, 3.63) is 47.5 Å². The van der Waals surface area contributed by atoms with Crippen LogP contribution >= 0.6 is 11.6 Å². The topological polar surface area (TPSA) is 128 Å². The number of benzene rings is 2. The van der Waals surface area contributed by atoms with Gasteiger partial charge in [-0.25, -0.2) is 16.8 Å². The highest BCUT2D eigenvalue weighted by Gasteiger charge is 2.14. The molecule has 13 heteroatoms. The molecule has 0 atom stereocenters. The van der Waals surface area contributed by atoms with Gasteiger partial charge in [-0.05, 0) is 24.3 Å². The van der Waals surface area contributed by atoms with Crippen LogP contribution in [0, 0.1) is 0 Å². The van der Waals surface area contributed by atoms with E-state index in [1.807, 2.05) is 30.3 Å². The minimum Gasteiger partial charge on any atom is -0.266 e. The molecule has 2 heterocycles. The molecule has 2 N–H and O–H groups in total. The maximum absolute atomic E-state index is 11.2. The zero-order valence-corrected chi connectivity index (χ0v) is 19.5. The van der Waals surface area contributed by atoms with Crippen molar-refractivity contribution in [3.63, 3.8) is 0 Å². The monoisotopic (exact) mass is 484 g/mol. The van der Waals surface area contributed by atoms with Gasteiger partial charge in [0, 0.05) is 19.5 Å². The van der Waals surface area contributed by atoms with Crippen molar-refractivity contribution in [2.75, 3.05) is 22.0 Å². The Kier molecular flexibility index (Phi) is 6.16. The number of aryl methyl sites for hydroxylation is 2. The third-order valence-electron chi connectivity index (χ3n) is 4.15. The molecule has 4 aromatic rings. The van der Waals surface area contributed by atoms with Crippen molar-refractivity contribution >= 4 is 65.1 Å². The summed E-state index contributed by atoms with van der Waals surface area (Å²) in [5.41, 5.74) is 1.67. The van der Waals surface area contributed by atoms with Crippen LogP contribution in [0.15, 0.2) is 42.5 Å². The van der Waals surface area contributed by atoms with E-state index >= 15 is 0 Å². The molecular weight excluding hydrogens is 464 g/mol. The number of hydrogen-bond donors (Lipinski definition) is 2. The molecule has 0 spiro atoms. The lowest BCUT2D eigenvalue weighted by Gasteiger charge is -2.00. The molecule has 2 aromatic heterocycles. The van der Waals surface area contributed by atoms with E-state index in [1.165, 1.54) is 0 Å². The van der Waals surface area contributed by atoms with E-state index in [-0.39, 0.29) is 5.82 Å². The Morgan fingerprint density at radius 1 is 0.774 bits per heavy atom. The first kappa shape index (κ1) is 22.8. The van der Waals surface area contributed by atoms with Crippen molar-refractivity contribution in [3.8, 4) is 0 Å². The van der Waals surface area contributed by atoms with Gasteiger partial charge in [-0.2, -0.15) is 10.2 Å². The second-order valence-electron chi connectivity index (χ2n) is 6.84. The molecule has 0 fully saturated rings. The molecule has 0 radical (unpaired) electrons. The van der Waals surface area contributed by atoms with Crippen LogP contribution in [0.25, 0.3) is 21.8 Å². The Labute approximate surface area is 184 Å². The lowest BCUT2D eigenvalue weighted by molar-refractivity contribution is 0.604. The van der Waals surface area contributed by atoms with Crippen molar-refractivity contribution in [1.29, 1.82) is 0 Å². The van der Waals surface area contributed by atoms with Crippen LogP contribution in [0.1, 0.15) is 0 Å². The highest BCUT2D eigenvalue weighted by Crippen LogP contribution is 2.30. The lowest BCUT2D eigenvalue weighted by Crippen LogP contribution is -2.10. The number of aromatic nitrogens is 4. The molecule has 31 heavy (non-hydrogen) atoms. The normalized spacial score (nSPS) is 11.9. The number of anilines is 2. The largest absolute Gasteiger partial charge is 0.266 e. The predicted octanol–water partition coefficient (Wildman–Crippen LogP) is 2.54. The number of rotatable bonds is 4. The maximum atomic E-state index is 11.2. The standard InChI is InChI=1S/C9H10ClN3O2S.C9H11N3O2S/c1-13-7-5-3-4-6(10)8(7)9(11-13)12-16(2,14)15;1-12-8-6-4-3-5-7(8)9(10-12)11-15(2,13)14/h3-5H,1-2H3,(H,11,12);3-6H,1-2H3,(H,10,11). The minimum absolute atomic E-state index is 0.255. The number of fused-ring (bicyclic) bond motifs is 2. The number of nitrogens with one attached hydrogen (secondary N) is 2. The molecule has 0 aliphatic rings. The minimum atomic E-state index is -3.36. The summed E-state index contributed by atoms with van der Waals surface area (Å²) in [6.45, 7) is 0. The molecule has 0 bridgehead atoms. The second kappa shape index (κ2) is 8.36. The quantitative estimate of drug-likeness (QED) is 0.458. The summed E-state index contributed by atoms with van der Waals surface area (Å²) in [6.07, 6.45) is 2.18. The number of para-hydroxylation sites is 1. The second-order valence-corrected chi connectivity index (χ2v) is 10.7. The van der Waals surface area contributed by atoms with Crippen LogP contribution in [0.3, 0.4) is 0 Å². The van der Waals surface area contributed by atoms with E-state index < -0.39 is 20.0 Å². The molecule has 0 aliphatic heterocycles. The fraction of sp³-hybridized carbons (Fsp3) is 0.222. The molecule has 10 nitrogen and oxygen atoms in total. The summed E-state index contributed by atoms with van der Waals surface area (Å²) in [5, 5.41) is 10.1. The zero-order valence-electron chi connectivity index (χ0n) is 17.2. The van der Waals surface area contributed by atoms with Crippen LogP contribution in [0.2, 0.25) is 5.02 Å². The van der Waals surface area contributed by atoms with Crippen LogP contribution in [-0.2, 0) is 34.1 Å². The zero-order chi connectivity index (χ0) is 23.0. The fourth-order valence-electron chi connectivity index (χ4n) is 2.98. The first-order chi connectivity index (χ1) is 14.4. The summed E-state index contributed by atoms with van der Waals surface area (Å²) in [6, 6.07) is 12.7. The highest BCUT2D eigenvalue weighted by molar-refractivity contribution is 7.92. The van der Waals surface area contributed by atoms with Gasteiger partial charge in [0.25, 0.3) is 0 Å². The molecule has 0 aliphatic carbocycles. The molecule has 0 unspecified atom stereocenters. The first-order valence-corrected chi connectivity index (χ1v) is 13.0. The van der Waals surface area contributed by atoms with Gasteiger partial charge in [-0.3, -0.25) is 18.8 Å². The number of sulfonamides is 2. The highest BCUT2D eigenvalue weighted by atomic mass is 35.5. The first-order valence-electron chi connectivity index (χ1n) is 8.84. The Morgan fingerprint density at radius 2 is 1.29 bits per heavy atom. The molecule has 2 aromatic carbocycles. The van der Waals surface area contributed by atoms with Crippen LogP contribution in [-0.4, -0.2) is 48.9 Å². The van der Waals surface area contributed by atoms with Gasteiger partial charge in [-0.1, -0.05) is 29.8 Å². The predicted molar refractivity (Wildman–Crippen MR) is 123 cm³/mol. The van der Waals surface area contributed by atoms with Gasteiger partial charge in [0.05, 0.1) is 34.0 Å². The molecule has 4 rings (SSSR count). The van der Waals surface area contributed by atoms with Crippen LogP contribution in [0.4, 0.5) is 11.6 Å². The summed E-state index contributed by atoms with van der Waals surface area (Å²) in [7, 11) is -3.14. The SMILES string of the molecule is Cn1nc(NS(C)(=O)=O)c2c(Cl)cccc21.Cn1nc(NS(C)(=O)=O)c2ccccc21. The van der Waals surface area contributed by atoms with Gasteiger partial charge >= 0.3 is 0 Å². The Bertz CT molecular complexity index is 1480. The Morgan fingerprint density at radius 3 is 1.94 bits per heavy atom. The van der Waals surface area contributed by atoms with Gasteiger partial charge in [0.1, 0.15) is 0 Å². The molecule has 0 saturated carbocycles. The third-order valence-corrected chi connectivity index (χ3v) is 5.59. The average Bonchev–Trinajstić information content (AvgIpc) is 3.11. The molecule has 166 valence electrons. The van der Waals surface area contributed by atoms with E-state index in [0.29, 0.717) is 16.2 Å². The van der Waals surface area contributed by atoms with Crippen molar-refractivity contribution in [2.24, 2.45) is 14.1 Å². The number of halogens is 1. The van der Waals surface area contributed by atoms with E-state index in [2.05, 4.69) is 19.6 Å². The van der Waals surface area contributed by atoms with E-state index in [1.54, 1.807) is 35.6 Å². The molecule has 0 amide bonds. The van der Waals surface area contributed by atoms with Crippen LogP contribution < -0.4 is 9.44 Å². The average molecular weight is 485 g/mol. The molecular formula is C18H21ClN6O4S2. The summed E-state index contributed by atoms with van der Waals surface area (Å²) < 4.78 is 52.5. The molecule has 0 saturated heterocycles. The van der Waals surface area contributed by atoms with E-state index in [4.69, 9.17) is 11.6 Å². The van der Waals surface area contributed by atoms with Crippen molar-refractivity contribution in [1.82, 2.24) is 19.6 Å². The third kappa shape index (κ3) is 5.46. The fourth-order valence-corrected chi connectivity index (χ4v) is 4.24. The Balaban J connectivity index is 0.000000176. The summed E-state index contributed by atoms with van der Waals surface area (Å²) in [4.78, 5) is 0. The number of hydrogen-bond acceptors (Lipinski definition) is 6. The lowest BCUT2D eigenvalue weighted by atomic mass is 10.2. The van der Waals surface area contributed by atoms with E-state index in [0.717, 1.165) is 28.9 Å². The van der Waals surface area contributed by atoms with E-state index in [9.17, 15) is 16.8 Å². The van der Waals surface area contributed by atoms with Gasteiger partial charge in [0.2, 0.25) is 20.0 Å². The number of nitrogens with zero attached hydrogens (tertiary/aromatic N) is 4. The summed E-state index contributed by atoms with van der Waals surface area (Å²) in [5.74, 6) is 0.626.